The molecule has 272 valence electrons. The molecular weight excluding hydrogens is 657 g/mol. The molecule has 51 heavy (non-hydrogen) atoms. The van der Waals surface area contributed by atoms with Crippen LogP contribution in [0, 0.1) is 0 Å². The highest BCUT2D eigenvalue weighted by molar-refractivity contribution is 7.99. The van der Waals surface area contributed by atoms with Crippen molar-refractivity contribution >= 4 is 23.3 Å². The van der Waals surface area contributed by atoms with E-state index in [9.17, 15) is 30.0 Å². The number of rotatable bonds is 8. The van der Waals surface area contributed by atoms with Gasteiger partial charge < -0.3 is 20.4 Å². The SMILES string of the molecule is CC(C)(C)c1cc(C(=O)C(O)c2ccccc2)c(Sc2c(C(=O)C(O)c3ccccc3)cc(C(C)(C)C)c(O)c2C(C)(C)C)c(C(C)(C)C)c1O. The molecule has 0 amide bonds. The van der Waals surface area contributed by atoms with E-state index >= 15 is 0 Å². The third-order valence-corrected chi connectivity index (χ3v) is 10.3. The Labute approximate surface area is 308 Å². The second-order valence-corrected chi connectivity index (χ2v) is 18.5. The van der Waals surface area contributed by atoms with Crippen molar-refractivity contribution in [1.82, 2.24) is 0 Å². The maximum Gasteiger partial charge on any atom is 0.196 e. The third kappa shape index (κ3) is 8.27. The van der Waals surface area contributed by atoms with Gasteiger partial charge in [0.2, 0.25) is 0 Å². The molecule has 0 spiro atoms. The van der Waals surface area contributed by atoms with Crippen LogP contribution in [-0.2, 0) is 21.7 Å². The van der Waals surface area contributed by atoms with Gasteiger partial charge in [0.1, 0.15) is 23.7 Å². The zero-order valence-corrected chi connectivity index (χ0v) is 32.9. The van der Waals surface area contributed by atoms with E-state index in [0.717, 1.165) is 11.8 Å². The fraction of sp³-hybridized carbons (Fsp3) is 0.409. The average Bonchev–Trinajstić information content (AvgIpc) is 3.02. The first-order valence-corrected chi connectivity index (χ1v) is 18.2. The Bertz CT molecular complexity index is 1780. The third-order valence-electron chi connectivity index (χ3n) is 9.08. The maximum absolute atomic E-state index is 14.6. The van der Waals surface area contributed by atoms with E-state index in [1.54, 1.807) is 60.7 Å². The highest BCUT2D eigenvalue weighted by atomic mass is 32.2. The average molecular weight is 711 g/mol. The van der Waals surface area contributed by atoms with Crippen molar-refractivity contribution in [2.45, 2.75) is 127 Å². The van der Waals surface area contributed by atoms with E-state index in [1.807, 2.05) is 95.2 Å². The summed E-state index contributed by atoms with van der Waals surface area (Å²) in [5, 5.41) is 47.2. The standard InChI is InChI=1S/C44H54O6S/c1-41(2,3)29-23-27(35(47)33(45)25-19-15-13-16-20-25)39(31(37(29)49)43(7,8)9)51-40-28(36(48)34(46)26-21-17-14-18-22-26)24-30(42(4,5)6)38(50)32(40)44(10,11)12/h13-24,33-34,45-46,49-50H,1-12H3. The van der Waals surface area contributed by atoms with E-state index < -0.39 is 45.4 Å². The van der Waals surface area contributed by atoms with Gasteiger partial charge in [0.15, 0.2) is 11.6 Å². The number of carbonyl (C=O) groups excluding carboxylic acids is 2. The molecule has 4 N–H and O–H groups in total. The number of phenolic OH excluding ortho intramolecular Hbond substituents is 2. The van der Waals surface area contributed by atoms with Gasteiger partial charge in [0.25, 0.3) is 0 Å². The molecule has 0 saturated heterocycles. The van der Waals surface area contributed by atoms with Crippen LogP contribution in [0.25, 0.3) is 0 Å². The monoisotopic (exact) mass is 710 g/mol. The van der Waals surface area contributed by atoms with Crippen LogP contribution in [0.2, 0.25) is 0 Å². The number of phenols is 2. The zero-order valence-electron chi connectivity index (χ0n) is 32.1. The number of aliphatic hydroxyl groups excluding tert-OH is 2. The second-order valence-electron chi connectivity index (χ2n) is 17.5. The number of hydrogen-bond acceptors (Lipinski definition) is 7. The van der Waals surface area contributed by atoms with Gasteiger partial charge in [-0.3, -0.25) is 9.59 Å². The first-order valence-electron chi connectivity index (χ1n) is 17.4. The molecule has 0 aliphatic heterocycles. The Balaban J connectivity index is 2.19. The Morgan fingerprint density at radius 1 is 0.510 bits per heavy atom. The van der Waals surface area contributed by atoms with Crippen molar-refractivity contribution in [3.05, 3.63) is 117 Å². The summed E-state index contributed by atoms with van der Waals surface area (Å²) in [4.78, 5) is 29.9. The highest BCUT2D eigenvalue weighted by Gasteiger charge is 2.38. The zero-order chi connectivity index (χ0) is 38.4. The van der Waals surface area contributed by atoms with Gasteiger partial charge >= 0.3 is 0 Å². The molecule has 7 heteroatoms. The number of aliphatic hydroxyl groups is 2. The number of aromatic hydroxyl groups is 2. The van der Waals surface area contributed by atoms with Crippen LogP contribution >= 0.6 is 11.8 Å². The van der Waals surface area contributed by atoms with Gasteiger partial charge in [0, 0.05) is 43.2 Å². The molecule has 0 fully saturated rings. The van der Waals surface area contributed by atoms with Crippen molar-refractivity contribution in [1.29, 1.82) is 0 Å². The maximum atomic E-state index is 14.6. The summed E-state index contributed by atoms with van der Waals surface area (Å²) in [6, 6.07) is 20.7. The van der Waals surface area contributed by atoms with E-state index in [4.69, 9.17) is 0 Å². The minimum absolute atomic E-state index is 0.0216. The Hall–Kier alpha value is -3.91. The number of hydrogen-bond donors (Lipinski definition) is 4. The van der Waals surface area contributed by atoms with Crippen LogP contribution in [0.4, 0.5) is 0 Å². The predicted molar refractivity (Wildman–Crippen MR) is 207 cm³/mol. The Morgan fingerprint density at radius 3 is 1.06 bits per heavy atom. The molecule has 0 heterocycles. The van der Waals surface area contributed by atoms with Crippen LogP contribution in [-0.4, -0.2) is 32.0 Å². The lowest BCUT2D eigenvalue weighted by atomic mass is 9.77. The molecule has 0 saturated carbocycles. The smallest absolute Gasteiger partial charge is 0.196 e. The molecule has 2 atom stereocenters. The number of ketones is 2. The van der Waals surface area contributed by atoms with Crippen molar-refractivity contribution in [3.8, 4) is 11.5 Å². The minimum atomic E-state index is -1.50. The second kappa shape index (κ2) is 14.3. The molecule has 0 bridgehead atoms. The molecule has 0 aliphatic rings. The first kappa shape index (κ1) is 39.9. The van der Waals surface area contributed by atoms with Crippen molar-refractivity contribution in [3.63, 3.8) is 0 Å². The Morgan fingerprint density at radius 2 is 0.804 bits per heavy atom. The van der Waals surface area contributed by atoms with Crippen LogP contribution in [0.3, 0.4) is 0 Å². The molecule has 0 radical (unpaired) electrons. The lowest BCUT2D eigenvalue weighted by Crippen LogP contribution is -2.24. The summed E-state index contributed by atoms with van der Waals surface area (Å²) in [5.41, 5.74) is 0.652. The molecule has 6 nitrogen and oxygen atoms in total. The van der Waals surface area contributed by atoms with Crippen LogP contribution in [0.5, 0.6) is 11.5 Å². The fourth-order valence-corrected chi connectivity index (χ4v) is 8.15. The van der Waals surface area contributed by atoms with Gasteiger partial charge in [0.05, 0.1) is 0 Å². The predicted octanol–water partition coefficient (Wildman–Crippen LogP) is 10.3. The summed E-state index contributed by atoms with van der Waals surface area (Å²) in [7, 11) is 0. The summed E-state index contributed by atoms with van der Waals surface area (Å²) in [5.74, 6) is -1.09. The highest BCUT2D eigenvalue weighted by Crippen LogP contribution is 2.53. The van der Waals surface area contributed by atoms with E-state index in [1.165, 1.54) is 0 Å². The minimum Gasteiger partial charge on any atom is -0.507 e. The summed E-state index contributed by atoms with van der Waals surface area (Å²) < 4.78 is 0. The first-order chi connectivity index (χ1) is 23.4. The van der Waals surface area contributed by atoms with E-state index in [-0.39, 0.29) is 22.6 Å². The van der Waals surface area contributed by atoms with Crippen molar-refractivity contribution in [2.24, 2.45) is 0 Å². The van der Waals surface area contributed by atoms with Crippen LogP contribution < -0.4 is 0 Å². The number of carbonyl (C=O) groups is 2. The Kier molecular flexibility index (Phi) is 11.1. The lowest BCUT2D eigenvalue weighted by molar-refractivity contribution is 0.0740. The summed E-state index contributed by atoms with van der Waals surface area (Å²) >= 11 is 1.11. The number of Topliss-reactive ketones (excluding diaryl/α,β-unsaturated/α-hetero) is 2. The summed E-state index contributed by atoms with van der Waals surface area (Å²) in [6.07, 6.45) is -3.01. The normalized spacial score (nSPS) is 13.9. The largest absolute Gasteiger partial charge is 0.507 e. The molecule has 4 aromatic carbocycles. The molecule has 0 aliphatic carbocycles. The topological polar surface area (TPSA) is 115 Å². The van der Waals surface area contributed by atoms with Gasteiger partial charge in [-0.15, -0.1) is 0 Å². The van der Waals surface area contributed by atoms with Gasteiger partial charge in [-0.1, -0.05) is 156 Å². The lowest BCUT2D eigenvalue weighted by Gasteiger charge is -2.34. The van der Waals surface area contributed by atoms with E-state index in [2.05, 4.69) is 0 Å². The van der Waals surface area contributed by atoms with Crippen molar-refractivity contribution in [2.75, 3.05) is 0 Å². The van der Waals surface area contributed by atoms with Crippen LogP contribution in [0.15, 0.2) is 82.6 Å². The fourth-order valence-electron chi connectivity index (χ4n) is 6.39. The quantitative estimate of drug-likeness (QED) is 0.135. The summed E-state index contributed by atoms with van der Waals surface area (Å²) in [6.45, 7) is 23.3. The van der Waals surface area contributed by atoms with Gasteiger partial charge in [-0.2, -0.15) is 0 Å². The molecule has 0 aromatic heterocycles. The molecule has 2 unspecified atom stereocenters. The number of benzene rings is 4. The van der Waals surface area contributed by atoms with E-state index in [0.29, 0.717) is 43.2 Å². The van der Waals surface area contributed by atoms with Gasteiger partial charge in [-0.05, 0) is 44.9 Å². The molecule has 4 rings (SSSR count). The van der Waals surface area contributed by atoms with Gasteiger partial charge in [-0.25, -0.2) is 0 Å². The molecular formula is C44H54O6S. The van der Waals surface area contributed by atoms with Crippen LogP contribution in [0.1, 0.15) is 149 Å². The van der Waals surface area contributed by atoms with Crippen molar-refractivity contribution < 1.29 is 30.0 Å². The molecule has 4 aromatic rings.